The summed E-state index contributed by atoms with van der Waals surface area (Å²) in [5.41, 5.74) is 2.41. The highest BCUT2D eigenvalue weighted by Crippen LogP contribution is 2.52. The molecule has 3 aromatic rings. The highest BCUT2D eigenvalue weighted by atomic mass is 16.5. The number of aromatic nitrogens is 1. The number of aromatic amines is 1. The van der Waals surface area contributed by atoms with Gasteiger partial charge in [-0.1, -0.05) is 48.6 Å². The van der Waals surface area contributed by atoms with Gasteiger partial charge in [-0.05, 0) is 30.2 Å². The number of ether oxygens (including phenoxy) is 1. The molecule has 1 spiro atoms. The Bertz CT molecular complexity index is 1200. The van der Waals surface area contributed by atoms with Crippen LogP contribution in [-0.2, 0) is 20.7 Å². The van der Waals surface area contributed by atoms with Crippen LogP contribution in [0.3, 0.4) is 0 Å². The van der Waals surface area contributed by atoms with Crippen molar-refractivity contribution in [3.63, 3.8) is 0 Å². The second kappa shape index (κ2) is 6.82. The first kappa shape index (κ1) is 18.4. The molecule has 6 nitrogen and oxygen atoms in total. The van der Waals surface area contributed by atoms with Gasteiger partial charge in [-0.15, -0.1) is 0 Å². The smallest absolute Gasteiger partial charge is 0.234 e. The van der Waals surface area contributed by atoms with E-state index in [2.05, 4.69) is 16.4 Å². The molecule has 156 valence electrons. The Labute approximate surface area is 179 Å². The summed E-state index contributed by atoms with van der Waals surface area (Å²) in [6.07, 6.45) is 6.32. The monoisotopic (exact) mass is 413 g/mol. The number of fused-ring (bicyclic) bond motifs is 2. The third-order valence-corrected chi connectivity index (χ3v) is 6.84. The number of hydrogen-bond acceptors (Lipinski definition) is 3. The molecular formula is C25H23N3O3. The van der Waals surface area contributed by atoms with Gasteiger partial charge < -0.3 is 19.9 Å². The molecule has 2 fully saturated rings. The SMILES string of the molecule is O=C(NCCc1c[nH]c2ccccc12)[C@H]1[C@H]2C(=O)N(c3ccccc3)C[C@]23C=C[C@H]1O3. The molecule has 2 saturated heterocycles. The van der Waals surface area contributed by atoms with Crippen molar-refractivity contribution in [2.45, 2.75) is 18.1 Å². The molecule has 0 saturated carbocycles. The Morgan fingerprint density at radius 2 is 1.97 bits per heavy atom. The third kappa shape index (κ3) is 2.75. The van der Waals surface area contributed by atoms with Gasteiger partial charge in [-0.3, -0.25) is 9.59 Å². The minimum atomic E-state index is -0.698. The van der Waals surface area contributed by atoms with Crippen molar-refractivity contribution in [3.8, 4) is 0 Å². The van der Waals surface area contributed by atoms with Crippen LogP contribution in [-0.4, -0.2) is 41.6 Å². The lowest BCUT2D eigenvalue weighted by molar-refractivity contribution is -0.131. The van der Waals surface area contributed by atoms with Crippen LogP contribution in [0.15, 0.2) is 72.9 Å². The number of amides is 2. The maximum Gasteiger partial charge on any atom is 0.234 e. The number of nitrogens with zero attached hydrogens (tertiary/aromatic N) is 1. The van der Waals surface area contributed by atoms with E-state index in [1.165, 1.54) is 10.9 Å². The highest BCUT2D eigenvalue weighted by molar-refractivity contribution is 6.03. The van der Waals surface area contributed by atoms with Gasteiger partial charge in [-0.25, -0.2) is 0 Å². The van der Waals surface area contributed by atoms with Gasteiger partial charge in [0, 0.05) is 29.3 Å². The first-order chi connectivity index (χ1) is 15.2. The number of anilines is 1. The molecule has 0 aliphatic carbocycles. The normalized spacial score (nSPS) is 28.5. The van der Waals surface area contributed by atoms with Gasteiger partial charge in [0.1, 0.15) is 5.60 Å². The number of carbonyl (C=O) groups is 2. The molecule has 3 aliphatic heterocycles. The van der Waals surface area contributed by atoms with E-state index < -0.39 is 17.4 Å². The fraction of sp³-hybridized carbons (Fsp3) is 0.280. The summed E-state index contributed by atoms with van der Waals surface area (Å²) >= 11 is 0. The van der Waals surface area contributed by atoms with Crippen molar-refractivity contribution in [2.75, 3.05) is 18.0 Å². The summed E-state index contributed by atoms with van der Waals surface area (Å²) in [6.45, 7) is 0.969. The summed E-state index contributed by atoms with van der Waals surface area (Å²) in [4.78, 5) is 31.5. The highest BCUT2D eigenvalue weighted by Gasteiger charge is 2.66. The Morgan fingerprint density at radius 1 is 1.16 bits per heavy atom. The van der Waals surface area contributed by atoms with Gasteiger partial charge in [0.05, 0.1) is 24.5 Å². The van der Waals surface area contributed by atoms with E-state index in [9.17, 15) is 9.59 Å². The molecular weight excluding hydrogens is 390 g/mol. The molecule has 6 heteroatoms. The molecule has 31 heavy (non-hydrogen) atoms. The van der Waals surface area contributed by atoms with E-state index in [4.69, 9.17) is 4.74 Å². The molecule has 4 atom stereocenters. The van der Waals surface area contributed by atoms with Crippen LogP contribution >= 0.6 is 0 Å². The summed E-state index contributed by atoms with van der Waals surface area (Å²) in [5.74, 6) is -1.11. The van der Waals surface area contributed by atoms with Gasteiger partial charge in [0.25, 0.3) is 0 Å². The minimum absolute atomic E-state index is 0.0326. The topological polar surface area (TPSA) is 74.4 Å². The summed E-state index contributed by atoms with van der Waals surface area (Å²) in [5, 5.41) is 4.23. The molecule has 6 rings (SSSR count). The van der Waals surface area contributed by atoms with Crippen LogP contribution in [0.25, 0.3) is 10.9 Å². The van der Waals surface area contributed by atoms with E-state index >= 15 is 0 Å². The van der Waals surface area contributed by atoms with Crippen molar-refractivity contribution in [1.82, 2.24) is 10.3 Å². The van der Waals surface area contributed by atoms with E-state index in [-0.39, 0.29) is 17.9 Å². The minimum Gasteiger partial charge on any atom is -0.361 e. The Hall–Kier alpha value is -3.38. The Kier molecular flexibility index (Phi) is 4.05. The van der Waals surface area contributed by atoms with Gasteiger partial charge in [-0.2, -0.15) is 0 Å². The Morgan fingerprint density at radius 3 is 2.84 bits per heavy atom. The molecule has 2 bridgehead atoms. The number of hydrogen-bond donors (Lipinski definition) is 2. The summed E-state index contributed by atoms with van der Waals surface area (Å²) in [7, 11) is 0. The van der Waals surface area contributed by atoms with Crippen LogP contribution in [0, 0.1) is 11.8 Å². The maximum absolute atomic E-state index is 13.3. The lowest BCUT2D eigenvalue weighted by atomic mass is 9.77. The first-order valence-electron chi connectivity index (χ1n) is 10.7. The average Bonchev–Trinajstić information content (AvgIpc) is 3.54. The van der Waals surface area contributed by atoms with Crippen LogP contribution < -0.4 is 10.2 Å². The summed E-state index contributed by atoms with van der Waals surface area (Å²) in [6, 6.07) is 17.7. The molecule has 3 aliphatic rings. The van der Waals surface area contributed by atoms with E-state index in [1.807, 2.05) is 66.9 Å². The second-order valence-corrected chi connectivity index (χ2v) is 8.56. The predicted molar refractivity (Wildman–Crippen MR) is 118 cm³/mol. The van der Waals surface area contributed by atoms with Gasteiger partial charge >= 0.3 is 0 Å². The van der Waals surface area contributed by atoms with Crippen LogP contribution in [0.2, 0.25) is 0 Å². The Balaban J connectivity index is 1.18. The van der Waals surface area contributed by atoms with Gasteiger partial charge in [0.15, 0.2) is 0 Å². The number of nitrogens with one attached hydrogen (secondary N) is 2. The molecule has 0 unspecified atom stereocenters. The maximum atomic E-state index is 13.3. The number of para-hydroxylation sites is 2. The standard InChI is InChI=1S/C25H23N3O3/c29-23(26-13-11-16-14-27-19-9-5-4-8-18(16)19)21-20-10-12-25(31-20)15-28(24(30)22(21)25)17-6-2-1-3-7-17/h1-10,12,14,20-22,27H,11,13,15H2,(H,26,29)/t20-,21-,22+,25-/m1/s1. The zero-order chi connectivity index (χ0) is 21.0. The zero-order valence-corrected chi connectivity index (χ0v) is 17.0. The van der Waals surface area contributed by atoms with Crippen molar-refractivity contribution in [1.29, 1.82) is 0 Å². The number of carbonyl (C=O) groups excluding carboxylic acids is 2. The quantitative estimate of drug-likeness (QED) is 0.632. The van der Waals surface area contributed by atoms with Crippen molar-refractivity contribution in [3.05, 3.63) is 78.5 Å². The number of H-pyrrole nitrogens is 1. The first-order valence-corrected chi connectivity index (χ1v) is 10.7. The average molecular weight is 413 g/mol. The molecule has 2 aromatic carbocycles. The fourth-order valence-electron chi connectivity index (χ4n) is 5.40. The number of benzene rings is 2. The summed E-state index contributed by atoms with van der Waals surface area (Å²) < 4.78 is 6.21. The van der Waals surface area contributed by atoms with Gasteiger partial charge in [0.2, 0.25) is 11.8 Å². The van der Waals surface area contributed by atoms with E-state index in [0.29, 0.717) is 13.1 Å². The molecule has 2 N–H and O–H groups in total. The largest absolute Gasteiger partial charge is 0.361 e. The fourth-order valence-corrected chi connectivity index (χ4v) is 5.40. The van der Waals surface area contributed by atoms with Crippen molar-refractivity contribution < 1.29 is 14.3 Å². The number of rotatable bonds is 5. The third-order valence-electron chi connectivity index (χ3n) is 6.84. The molecule has 2 amide bonds. The predicted octanol–water partition coefficient (Wildman–Crippen LogP) is 2.81. The molecule has 0 radical (unpaired) electrons. The lowest BCUT2D eigenvalue weighted by Crippen LogP contribution is -2.44. The van der Waals surface area contributed by atoms with E-state index in [1.54, 1.807) is 4.90 Å². The van der Waals surface area contributed by atoms with Crippen LogP contribution in [0.4, 0.5) is 5.69 Å². The van der Waals surface area contributed by atoms with Crippen molar-refractivity contribution in [2.24, 2.45) is 11.8 Å². The van der Waals surface area contributed by atoms with Crippen molar-refractivity contribution >= 4 is 28.4 Å². The van der Waals surface area contributed by atoms with Crippen LogP contribution in [0.1, 0.15) is 5.56 Å². The zero-order valence-electron chi connectivity index (χ0n) is 17.0. The molecule has 1 aromatic heterocycles. The second-order valence-electron chi connectivity index (χ2n) is 8.56. The lowest BCUT2D eigenvalue weighted by Gasteiger charge is -2.23. The molecule has 4 heterocycles. The van der Waals surface area contributed by atoms with Crippen LogP contribution in [0.5, 0.6) is 0 Å². The van der Waals surface area contributed by atoms with E-state index in [0.717, 1.165) is 17.6 Å².